The first-order valence-electron chi connectivity index (χ1n) is 7.74. The Kier molecular flexibility index (Phi) is 5.72. The first-order chi connectivity index (χ1) is 10.9. The minimum absolute atomic E-state index is 0.0379. The molecular formula is C15H24N6O2. The monoisotopic (exact) mass is 320 g/mol. The molecule has 2 rings (SSSR count). The van der Waals surface area contributed by atoms with E-state index in [1.807, 2.05) is 19.2 Å². The molecule has 1 N–H and O–H groups in total. The number of hydrogen-bond acceptors (Lipinski definition) is 5. The van der Waals surface area contributed by atoms with Gasteiger partial charge in [0.15, 0.2) is 5.82 Å². The van der Waals surface area contributed by atoms with Gasteiger partial charge in [0.2, 0.25) is 5.89 Å². The number of aromatic nitrogens is 4. The molecule has 0 aromatic carbocycles. The van der Waals surface area contributed by atoms with E-state index in [-0.39, 0.29) is 18.6 Å². The van der Waals surface area contributed by atoms with E-state index in [2.05, 4.69) is 34.4 Å². The van der Waals surface area contributed by atoms with Crippen molar-refractivity contribution in [2.45, 2.75) is 46.3 Å². The molecule has 1 atom stereocenters. The zero-order chi connectivity index (χ0) is 16.8. The number of nitrogens with zero attached hydrogens (tertiary/aromatic N) is 5. The Balaban J connectivity index is 1.81. The van der Waals surface area contributed by atoms with Crippen molar-refractivity contribution in [2.24, 2.45) is 5.92 Å². The van der Waals surface area contributed by atoms with E-state index in [0.717, 1.165) is 6.42 Å². The van der Waals surface area contributed by atoms with E-state index in [1.165, 1.54) is 4.90 Å². The van der Waals surface area contributed by atoms with Gasteiger partial charge in [-0.1, -0.05) is 19.0 Å². The second-order valence-electron chi connectivity index (χ2n) is 6.14. The van der Waals surface area contributed by atoms with Crippen molar-refractivity contribution in [2.75, 3.05) is 7.05 Å². The Morgan fingerprint density at radius 1 is 1.43 bits per heavy atom. The summed E-state index contributed by atoms with van der Waals surface area (Å²) < 4.78 is 6.96. The number of carbonyl (C=O) groups excluding carboxylic acids is 1. The van der Waals surface area contributed by atoms with Crippen LogP contribution in [0.3, 0.4) is 0 Å². The highest BCUT2D eigenvalue weighted by molar-refractivity contribution is 5.74. The van der Waals surface area contributed by atoms with E-state index in [4.69, 9.17) is 4.52 Å². The molecule has 23 heavy (non-hydrogen) atoms. The number of rotatable bonds is 7. The summed E-state index contributed by atoms with van der Waals surface area (Å²) in [4.78, 5) is 18.0. The quantitative estimate of drug-likeness (QED) is 0.838. The summed E-state index contributed by atoms with van der Waals surface area (Å²) in [7, 11) is 1.70. The maximum Gasteiger partial charge on any atom is 0.317 e. The van der Waals surface area contributed by atoms with Crippen LogP contribution in [0.5, 0.6) is 0 Å². The van der Waals surface area contributed by atoms with Crippen LogP contribution in [0.1, 0.15) is 32.5 Å². The zero-order valence-corrected chi connectivity index (χ0v) is 14.1. The van der Waals surface area contributed by atoms with Crippen LogP contribution >= 0.6 is 0 Å². The third kappa shape index (κ3) is 5.39. The average Bonchev–Trinajstić information content (AvgIpc) is 3.10. The number of carbonyl (C=O) groups is 1. The highest BCUT2D eigenvalue weighted by Gasteiger charge is 2.16. The topological polar surface area (TPSA) is 89.1 Å². The first-order valence-corrected chi connectivity index (χ1v) is 7.74. The molecule has 0 fully saturated rings. The fourth-order valence-electron chi connectivity index (χ4n) is 2.13. The lowest BCUT2D eigenvalue weighted by Crippen LogP contribution is -2.43. The fourth-order valence-corrected chi connectivity index (χ4v) is 2.13. The first kappa shape index (κ1) is 17.0. The molecule has 0 saturated heterocycles. The Morgan fingerprint density at radius 3 is 2.87 bits per heavy atom. The van der Waals surface area contributed by atoms with Crippen LogP contribution in [0, 0.1) is 5.92 Å². The van der Waals surface area contributed by atoms with Gasteiger partial charge in [0.05, 0.1) is 6.54 Å². The Bertz CT molecular complexity index is 607. The van der Waals surface area contributed by atoms with Gasteiger partial charge in [0.25, 0.3) is 0 Å². The van der Waals surface area contributed by atoms with E-state index in [0.29, 0.717) is 24.2 Å². The SMILES string of the molecule is CC(C)Cc1noc(CN(C)C(=O)N[C@H](C)Cn2cccn2)n1. The van der Waals surface area contributed by atoms with Crippen LogP contribution in [-0.2, 0) is 19.5 Å². The van der Waals surface area contributed by atoms with Crippen LogP contribution in [0.15, 0.2) is 23.0 Å². The van der Waals surface area contributed by atoms with Gasteiger partial charge < -0.3 is 14.7 Å². The molecule has 0 aliphatic carbocycles. The molecule has 0 saturated carbocycles. The third-order valence-electron chi connectivity index (χ3n) is 3.21. The van der Waals surface area contributed by atoms with E-state index in [1.54, 1.807) is 17.9 Å². The van der Waals surface area contributed by atoms with Gasteiger partial charge in [0, 0.05) is 31.9 Å². The molecule has 0 radical (unpaired) electrons. The molecule has 126 valence electrons. The average molecular weight is 320 g/mol. The van der Waals surface area contributed by atoms with E-state index < -0.39 is 0 Å². The van der Waals surface area contributed by atoms with E-state index >= 15 is 0 Å². The summed E-state index contributed by atoms with van der Waals surface area (Å²) in [5.74, 6) is 1.58. The molecule has 0 bridgehead atoms. The summed E-state index contributed by atoms with van der Waals surface area (Å²) in [5.41, 5.74) is 0. The predicted octanol–water partition coefficient (Wildman–Crippen LogP) is 1.69. The molecule has 2 aromatic rings. The van der Waals surface area contributed by atoms with Crippen molar-refractivity contribution in [3.8, 4) is 0 Å². The Hall–Kier alpha value is -2.38. The maximum atomic E-state index is 12.2. The van der Waals surface area contributed by atoms with Gasteiger partial charge in [-0.15, -0.1) is 0 Å². The molecule has 2 amide bonds. The smallest absolute Gasteiger partial charge is 0.317 e. The maximum absolute atomic E-state index is 12.2. The van der Waals surface area contributed by atoms with Crippen molar-refractivity contribution in [3.63, 3.8) is 0 Å². The molecule has 8 heteroatoms. The van der Waals surface area contributed by atoms with Crippen LogP contribution in [-0.4, -0.2) is 43.9 Å². The largest absolute Gasteiger partial charge is 0.337 e. The van der Waals surface area contributed by atoms with Crippen molar-refractivity contribution in [3.05, 3.63) is 30.2 Å². The van der Waals surface area contributed by atoms with Crippen LogP contribution in [0.4, 0.5) is 4.79 Å². The number of hydrogen-bond donors (Lipinski definition) is 1. The summed E-state index contributed by atoms with van der Waals surface area (Å²) in [6.07, 6.45) is 4.34. The lowest BCUT2D eigenvalue weighted by Gasteiger charge is -2.20. The normalized spacial score (nSPS) is 12.4. The summed E-state index contributed by atoms with van der Waals surface area (Å²) in [5, 5.41) is 11.0. The molecular weight excluding hydrogens is 296 g/mol. The molecule has 2 heterocycles. The van der Waals surface area contributed by atoms with Crippen LogP contribution in [0.2, 0.25) is 0 Å². The fraction of sp³-hybridized carbons (Fsp3) is 0.600. The number of urea groups is 1. The number of nitrogens with one attached hydrogen (secondary N) is 1. The van der Waals surface area contributed by atoms with Gasteiger partial charge >= 0.3 is 6.03 Å². The zero-order valence-electron chi connectivity index (χ0n) is 14.1. The lowest BCUT2D eigenvalue weighted by atomic mass is 10.1. The van der Waals surface area contributed by atoms with E-state index in [9.17, 15) is 4.79 Å². The standard InChI is InChI=1S/C15H24N6O2/c1-11(2)8-13-18-14(23-19-13)10-20(4)15(22)17-12(3)9-21-7-5-6-16-21/h5-7,11-12H,8-10H2,1-4H3,(H,17,22)/t12-/m1/s1. The van der Waals surface area contributed by atoms with Crippen LogP contribution in [0.25, 0.3) is 0 Å². The Labute approximate surface area is 135 Å². The van der Waals surface area contributed by atoms with Gasteiger partial charge in [-0.05, 0) is 18.9 Å². The molecule has 0 aliphatic heterocycles. The second kappa shape index (κ2) is 7.75. The summed E-state index contributed by atoms with van der Waals surface area (Å²) in [6, 6.07) is 1.63. The summed E-state index contributed by atoms with van der Waals surface area (Å²) in [6.45, 7) is 7.02. The van der Waals surface area contributed by atoms with Crippen molar-refractivity contribution in [1.82, 2.24) is 30.1 Å². The number of amides is 2. The minimum atomic E-state index is -0.187. The predicted molar refractivity (Wildman–Crippen MR) is 84.5 cm³/mol. The van der Waals surface area contributed by atoms with Gasteiger partial charge in [-0.25, -0.2) is 4.79 Å². The summed E-state index contributed by atoms with van der Waals surface area (Å²) >= 11 is 0. The molecule has 8 nitrogen and oxygen atoms in total. The molecule has 0 unspecified atom stereocenters. The van der Waals surface area contributed by atoms with Crippen molar-refractivity contribution in [1.29, 1.82) is 0 Å². The van der Waals surface area contributed by atoms with Crippen LogP contribution < -0.4 is 5.32 Å². The van der Waals surface area contributed by atoms with Crippen molar-refractivity contribution < 1.29 is 9.32 Å². The molecule has 0 spiro atoms. The van der Waals surface area contributed by atoms with Gasteiger partial charge in [0.1, 0.15) is 6.54 Å². The second-order valence-corrected chi connectivity index (χ2v) is 6.14. The molecule has 2 aromatic heterocycles. The minimum Gasteiger partial charge on any atom is -0.337 e. The highest BCUT2D eigenvalue weighted by atomic mass is 16.5. The third-order valence-corrected chi connectivity index (χ3v) is 3.21. The van der Waals surface area contributed by atoms with Gasteiger partial charge in [-0.3, -0.25) is 4.68 Å². The lowest BCUT2D eigenvalue weighted by molar-refractivity contribution is 0.195. The van der Waals surface area contributed by atoms with Crippen molar-refractivity contribution >= 4 is 6.03 Å². The van der Waals surface area contributed by atoms with Gasteiger partial charge in [-0.2, -0.15) is 10.1 Å². The highest BCUT2D eigenvalue weighted by Crippen LogP contribution is 2.06. The Morgan fingerprint density at radius 2 is 2.22 bits per heavy atom. The molecule has 0 aliphatic rings.